The maximum atomic E-state index is 9.75. The number of nitrogens with zero attached hydrogens (tertiary/aromatic N) is 1. The Kier molecular flexibility index (Phi) is 6.22. The fourth-order valence-corrected chi connectivity index (χ4v) is 3.05. The van der Waals surface area contributed by atoms with Gasteiger partial charge in [-0.2, -0.15) is 5.26 Å². The SMILES string of the molecule is CCNC(C#N)(COC1CCCCCC1)c1ccccc1. The molecule has 0 spiro atoms. The predicted octanol–water partition coefficient (Wildman–Crippen LogP) is 3.75. The van der Waals surface area contributed by atoms with E-state index in [0.717, 1.165) is 24.9 Å². The number of hydrogen-bond acceptors (Lipinski definition) is 3. The maximum Gasteiger partial charge on any atom is 0.155 e. The van der Waals surface area contributed by atoms with Crippen molar-refractivity contribution in [2.24, 2.45) is 0 Å². The van der Waals surface area contributed by atoms with Gasteiger partial charge in [-0.05, 0) is 24.9 Å². The molecule has 0 bridgehead atoms. The fourth-order valence-electron chi connectivity index (χ4n) is 3.05. The van der Waals surface area contributed by atoms with Crippen molar-refractivity contribution >= 4 is 0 Å². The second-order valence-corrected chi connectivity index (χ2v) is 5.84. The average Bonchev–Trinajstić information content (AvgIpc) is 2.81. The first-order valence-corrected chi connectivity index (χ1v) is 8.14. The van der Waals surface area contributed by atoms with E-state index >= 15 is 0 Å². The van der Waals surface area contributed by atoms with Gasteiger partial charge in [0, 0.05) is 0 Å². The summed E-state index contributed by atoms with van der Waals surface area (Å²) in [5, 5.41) is 13.1. The van der Waals surface area contributed by atoms with E-state index < -0.39 is 5.54 Å². The van der Waals surface area contributed by atoms with Crippen LogP contribution in [-0.4, -0.2) is 19.3 Å². The predicted molar refractivity (Wildman–Crippen MR) is 84.9 cm³/mol. The molecule has 114 valence electrons. The lowest BCUT2D eigenvalue weighted by Gasteiger charge is -2.30. The Bertz CT molecular complexity index is 446. The van der Waals surface area contributed by atoms with Crippen LogP contribution in [0, 0.1) is 11.3 Å². The number of likely N-dealkylation sites (N-methyl/N-ethyl adjacent to an activating group) is 1. The third kappa shape index (κ3) is 4.30. The average molecular weight is 286 g/mol. The smallest absolute Gasteiger partial charge is 0.155 e. The number of ether oxygens (including phenoxy) is 1. The van der Waals surface area contributed by atoms with Crippen molar-refractivity contribution in [3.63, 3.8) is 0 Å². The van der Waals surface area contributed by atoms with Crippen molar-refractivity contribution < 1.29 is 4.74 Å². The Morgan fingerprint density at radius 2 is 1.86 bits per heavy atom. The van der Waals surface area contributed by atoms with E-state index in [1.54, 1.807) is 0 Å². The maximum absolute atomic E-state index is 9.75. The van der Waals surface area contributed by atoms with Crippen molar-refractivity contribution in [1.29, 1.82) is 5.26 Å². The molecule has 0 aromatic heterocycles. The topological polar surface area (TPSA) is 45.0 Å². The molecular formula is C18H26N2O. The lowest BCUT2D eigenvalue weighted by atomic mass is 9.92. The Morgan fingerprint density at radius 3 is 2.43 bits per heavy atom. The number of rotatable bonds is 6. The van der Waals surface area contributed by atoms with Gasteiger partial charge in [-0.15, -0.1) is 0 Å². The first-order valence-electron chi connectivity index (χ1n) is 8.14. The van der Waals surface area contributed by atoms with E-state index in [9.17, 15) is 5.26 Å². The van der Waals surface area contributed by atoms with Gasteiger partial charge in [0.15, 0.2) is 5.54 Å². The Hall–Kier alpha value is -1.37. The van der Waals surface area contributed by atoms with Gasteiger partial charge in [0.05, 0.1) is 18.8 Å². The van der Waals surface area contributed by atoms with Crippen molar-refractivity contribution in [2.45, 2.75) is 57.1 Å². The van der Waals surface area contributed by atoms with Gasteiger partial charge in [0.1, 0.15) is 0 Å². The fraction of sp³-hybridized carbons (Fsp3) is 0.611. The highest BCUT2D eigenvalue weighted by Crippen LogP contribution is 2.25. The second-order valence-electron chi connectivity index (χ2n) is 5.84. The normalized spacial score (nSPS) is 19.4. The molecule has 1 N–H and O–H groups in total. The van der Waals surface area contributed by atoms with E-state index in [-0.39, 0.29) is 0 Å². The first-order chi connectivity index (χ1) is 10.3. The number of nitriles is 1. The van der Waals surface area contributed by atoms with Crippen LogP contribution in [0.1, 0.15) is 51.0 Å². The van der Waals surface area contributed by atoms with Gasteiger partial charge in [0.2, 0.25) is 0 Å². The highest BCUT2D eigenvalue weighted by Gasteiger charge is 2.32. The zero-order valence-electron chi connectivity index (χ0n) is 13.0. The molecule has 0 aliphatic heterocycles. The van der Waals surface area contributed by atoms with Gasteiger partial charge >= 0.3 is 0 Å². The molecule has 21 heavy (non-hydrogen) atoms. The van der Waals surface area contributed by atoms with Crippen LogP contribution in [0.5, 0.6) is 0 Å². The highest BCUT2D eigenvalue weighted by molar-refractivity contribution is 5.31. The zero-order valence-corrected chi connectivity index (χ0v) is 13.0. The Balaban J connectivity index is 2.07. The third-order valence-electron chi connectivity index (χ3n) is 4.27. The standard InChI is InChI=1S/C18H26N2O/c1-2-20-18(14-19,16-10-6-5-7-11-16)15-21-17-12-8-3-4-9-13-17/h5-7,10-11,17,20H,2-4,8-9,12-13,15H2,1H3. The molecule has 3 nitrogen and oxygen atoms in total. The van der Waals surface area contributed by atoms with Crippen LogP contribution >= 0.6 is 0 Å². The summed E-state index contributed by atoms with van der Waals surface area (Å²) in [6.07, 6.45) is 7.69. The first kappa shape index (κ1) is 16.0. The molecule has 1 aliphatic carbocycles. The van der Waals surface area contributed by atoms with Crippen LogP contribution in [0.25, 0.3) is 0 Å². The van der Waals surface area contributed by atoms with Crippen molar-refractivity contribution in [1.82, 2.24) is 5.32 Å². The van der Waals surface area contributed by atoms with E-state index in [2.05, 4.69) is 11.4 Å². The molecule has 1 aliphatic rings. The van der Waals surface area contributed by atoms with E-state index in [1.165, 1.54) is 25.7 Å². The Morgan fingerprint density at radius 1 is 1.19 bits per heavy atom. The summed E-state index contributed by atoms with van der Waals surface area (Å²) >= 11 is 0. The summed E-state index contributed by atoms with van der Waals surface area (Å²) < 4.78 is 6.14. The zero-order chi connectivity index (χ0) is 15.0. The van der Waals surface area contributed by atoms with Crippen molar-refractivity contribution in [2.75, 3.05) is 13.2 Å². The van der Waals surface area contributed by atoms with Gasteiger partial charge < -0.3 is 4.74 Å². The minimum atomic E-state index is -0.734. The van der Waals surface area contributed by atoms with Crippen molar-refractivity contribution in [3.8, 4) is 6.07 Å². The third-order valence-corrected chi connectivity index (χ3v) is 4.27. The minimum Gasteiger partial charge on any atom is -0.375 e. The molecule has 1 atom stereocenters. The van der Waals surface area contributed by atoms with Crippen LogP contribution in [0.15, 0.2) is 30.3 Å². The second kappa shape index (κ2) is 8.17. The van der Waals surface area contributed by atoms with Crippen LogP contribution in [0.4, 0.5) is 0 Å². The number of hydrogen-bond donors (Lipinski definition) is 1. The van der Waals surface area contributed by atoms with E-state index in [1.807, 2.05) is 37.3 Å². The highest BCUT2D eigenvalue weighted by atomic mass is 16.5. The molecule has 0 radical (unpaired) electrons. The van der Waals surface area contributed by atoms with Crippen LogP contribution in [-0.2, 0) is 10.3 Å². The lowest BCUT2D eigenvalue weighted by molar-refractivity contribution is 0.0143. The summed E-state index contributed by atoms with van der Waals surface area (Å²) in [7, 11) is 0. The molecule has 0 saturated heterocycles. The lowest BCUT2D eigenvalue weighted by Crippen LogP contribution is -2.46. The van der Waals surface area contributed by atoms with Crippen LogP contribution in [0.3, 0.4) is 0 Å². The minimum absolute atomic E-state index is 0.308. The molecule has 1 saturated carbocycles. The molecule has 1 fully saturated rings. The molecule has 3 heteroatoms. The van der Waals surface area contributed by atoms with Crippen molar-refractivity contribution in [3.05, 3.63) is 35.9 Å². The largest absolute Gasteiger partial charge is 0.375 e. The number of nitrogens with one attached hydrogen (secondary N) is 1. The van der Waals surface area contributed by atoms with Gasteiger partial charge in [-0.1, -0.05) is 62.9 Å². The van der Waals surface area contributed by atoms with E-state index in [0.29, 0.717) is 12.7 Å². The van der Waals surface area contributed by atoms with Crippen LogP contribution in [0.2, 0.25) is 0 Å². The van der Waals surface area contributed by atoms with E-state index in [4.69, 9.17) is 4.74 Å². The molecule has 2 rings (SSSR count). The van der Waals surface area contributed by atoms with Crippen LogP contribution < -0.4 is 5.32 Å². The molecule has 1 aromatic rings. The molecule has 1 aromatic carbocycles. The molecular weight excluding hydrogens is 260 g/mol. The van der Waals surface area contributed by atoms with Gasteiger partial charge in [-0.25, -0.2) is 0 Å². The molecule has 0 heterocycles. The summed E-state index contributed by atoms with van der Waals surface area (Å²) in [4.78, 5) is 0. The van der Waals surface area contributed by atoms with Gasteiger partial charge in [-0.3, -0.25) is 5.32 Å². The molecule has 1 unspecified atom stereocenters. The monoisotopic (exact) mass is 286 g/mol. The summed E-state index contributed by atoms with van der Waals surface area (Å²) in [6, 6.07) is 12.4. The quantitative estimate of drug-likeness (QED) is 0.810. The summed E-state index contributed by atoms with van der Waals surface area (Å²) in [6.45, 7) is 3.20. The summed E-state index contributed by atoms with van der Waals surface area (Å²) in [5.74, 6) is 0. The number of benzene rings is 1. The Labute approximate surface area is 128 Å². The van der Waals surface area contributed by atoms with Gasteiger partial charge in [0.25, 0.3) is 0 Å². The summed E-state index contributed by atoms with van der Waals surface area (Å²) in [5.41, 5.74) is 0.255. The molecule has 0 amide bonds.